The van der Waals surface area contributed by atoms with Gasteiger partial charge in [-0.25, -0.2) is 9.97 Å². The standard InChI is InChI=1S/C24H19N2.C20H15N4.C17H13N2.3Ir/c1-16(2)17-7-9-18(10-8-17)19-11-12-23-22(15-19)20-5-3-4-6-21(20)24-25-13-14-26(23)24;1-12(2)13-7-8-17-16(11-13)14-5-3-4-6-15(14)19-23-18-20(24(17)19)22-10-9-21-18;1-11-9-15-13-5-3-4-6-14(13)17-18-7-8-19(17)16(15)10-12(11)2;;;/h3-5,7-16H,1-2H3;3-5,7-12H,1-2H3;3-5,7-10H,1-2H3;;;/q3*-1;;;. The van der Waals surface area contributed by atoms with Crippen LogP contribution in [0.5, 0.6) is 0 Å². The molecule has 0 bridgehead atoms. The summed E-state index contributed by atoms with van der Waals surface area (Å²) < 4.78 is 6.40. The Hall–Kier alpha value is -6.54. The molecule has 0 saturated heterocycles. The molecule has 0 N–H and O–H groups in total. The van der Waals surface area contributed by atoms with Gasteiger partial charge in [-0.3, -0.25) is 15.0 Å². The predicted octanol–water partition coefficient (Wildman–Crippen LogP) is 14.8. The Kier molecular flexibility index (Phi) is 14.4. The maximum absolute atomic E-state index is 4.71. The summed E-state index contributed by atoms with van der Waals surface area (Å²) >= 11 is 0. The van der Waals surface area contributed by atoms with E-state index < -0.39 is 0 Å². The first-order valence-electron chi connectivity index (χ1n) is 23.5. The van der Waals surface area contributed by atoms with Gasteiger partial charge in [0.25, 0.3) is 0 Å². The van der Waals surface area contributed by atoms with Gasteiger partial charge in [0.05, 0.1) is 16.9 Å². The molecule has 11 heteroatoms. The molecule has 7 aromatic heterocycles. The van der Waals surface area contributed by atoms with E-state index in [0.29, 0.717) is 17.5 Å². The quantitative estimate of drug-likeness (QED) is 0.130. The van der Waals surface area contributed by atoms with E-state index in [9.17, 15) is 0 Å². The van der Waals surface area contributed by atoms with Crippen LogP contribution in [0.2, 0.25) is 0 Å². The second-order valence-corrected chi connectivity index (χ2v) is 18.5. The molecule has 0 aliphatic carbocycles. The minimum absolute atomic E-state index is 0. The van der Waals surface area contributed by atoms with E-state index in [1.165, 1.54) is 71.3 Å². The minimum atomic E-state index is 0. The van der Waals surface area contributed by atoms with Gasteiger partial charge < -0.3 is 13.2 Å². The Bertz CT molecular complexity index is 4310. The first-order valence-corrected chi connectivity index (χ1v) is 23.5. The molecule has 7 aromatic carbocycles. The number of pyridine rings is 3. The van der Waals surface area contributed by atoms with Crippen molar-refractivity contribution in [3.8, 4) is 11.1 Å². The van der Waals surface area contributed by atoms with Gasteiger partial charge in [-0.1, -0.05) is 98.5 Å². The zero-order valence-electron chi connectivity index (χ0n) is 40.3. The number of imidazole rings is 3. The summed E-state index contributed by atoms with van der Waals surface area (Å²) in [5.74, 6) is 1.03. The molecule has 0 saturated carbocycles. The summed E-state index contributed by atoms with van der Waals surface area (Å²) in [6.07, 6.45) is 11.1. The van der Waals surface area contributed by atoms with Crippen molar-refractivity contribution in [2.75, 3.05) is 0 Å². The van der Waals surface area contributed by atoms with Crippen LogP contribution in [0.1, 0.15) is 61.8 Å². The minimum Gasteiger partial charge on any atom is -0.340 e. The van der Waals surface area contributed by atoms with Gasteiger partial charge in [0.1, 0.15) is 0 Å². The Morgan fingerprint density at radius 3 is 1.51 bits per heavy atom. The monoisotopic (exact) mass is 1470 g/mol. The van der Waals surface area contributed by atoms with Crippen LogP contribution in [0.25, 0.3) is 104 Å². The summed E-state index contributed by atoms with van der Waals surface area (Å²) in [7, 11) is 0. The van der Waals surface area contributed by atoms with Crippen molar-refractivity contribution in [2.45, 2.75) is 53.4 Å². The number of hydrogen-bond donors (Lipinski definition) is 0. The summed E-state index contributed by atoms with van der Waals surface area (Å²) in [6, 6.07) is 55.2. The zero-order valence-corrected chi connectivity index (χ0v) is 47.5. The van der Waals surface area contributed by atoms with Crippen LogP contribution < -0.4 is 0 Å². The topological polar surface area (TPSA) is 77.7 Å². The number of aryl methyl sites for hydroxylation is 2. The summed E-state index contributed by atoms with van der Waals surface area (Å²) in [5, 5.41) is 10.4. The van der Waals surface area contributed by atoms with E-state index in [4.69, 9.17) is 4.98 Å². The first-order chi connectivity index (χ1) is 33.7. The number of hydrogen-bond acceptors (Lipinski definition) is 5. The summed E-state index contributed by atoms with van der Waals surface area (Å²) in [6.45, 7) is 13.2. The maximum atomic E-state index is 4.71. The third kappa shape index (κ3) is 8.62. The molecule has 0 spiro atoms. The molecule has 8 nitrogen and oxygen atoms in total. The van der Waals surface area contributed by atoms with E-state index in [-0.39, 0.29) is 60.3 Å². The molecule has 0 aliphatic heterocycles. The Balaban J connectivity index is 0.000000132. The average molecular weight is 1470 g/mol. The van der Waals surface area contributed by atoms with E-state index in [1.54, 1.807) is 12.4 Å². The number of aromatic nitrogens is 8. The number of benzene rings is 7. The molecular weight excluding hydrogens is 1420 g/mol. The van der Waals surface area contributed by atoms with Crippen molar-refractivity contribution < 1.29 is 60.3 Å². The normalized spacial score (nSPS) is 11.4. The van der Waals surface area contributed by atoms with Crippen molar-refractivity contribution in [3.05, 3.63) is 205 Å². The fraction of sp³-hybridized carbons (Fsp3) is 0.131. The van der Waals surface area contributed by atoms with Crippen LogP contribution in [-0.4, -0.2) is 38.1 Å². The number of rotatable bonds is 3. The molecule has 0 unspecified atom stereocenters. The van der Waals surface area contributed by atoms with Crippen molar-refractivity contribution in [1.82, 2.24) is 38.1 Å². The largest absolute Gasteiger partial charge is 0.340 e. The molecule has 14 rings (SSSR count). The van der Waals surface area contributed by atoms with Crippen LogP contribution >= 0.6 is 0 Å². The van der Waals surface area contributed by atoms with E-state index >= 15 is 0 Å². The van der Waals surface area contributed by atoms with Gasteiger partial charge in [0, 0.05) is 114 Å². The molecule has 14 aromatic rings. The van der Waals surface area contributed by atoms with E-state index in [1.807, 2.05) is 61.2 Å². The van der Waals surface area contributed by atoms with Crippen molar-refractivity contribution in [2.24, 2.45) is 0 Å². The zero-order chi connectivity index (χ0) is 46.9. The molecule has 361 valence electrons. The molecule has 0 amide bonds. The van der Waals surface area contributed by atoms with Crippen LogP contribution in [0, 0.1) is 32.0 Å². The number of fused-ring (bicyclic) bond motifs is 20. The second-order valence-electron chi connectivity index (χ2n) is 18.5. The van der Waals surface area contributed by atoms with Crippen LogP contribution in [0.3, 0.4) is 0 Å². The fourth-order valence-electron chi connectivity index (χ4n) is 9.85. The summed E-state index contributed by atoms with van der Waals surface area (Å²) in [5.41, 5.74) is 15.5. The molecule has 3 radical (unpaired) electrons. The maximum Gasteiger partial charge on any atom is 0.188 e. The molecule has 0 aliphatic rings. The van der Waals surface area contributed by atoms with Gasteiger partial charge in [0.15, 0.2) is 11.3 Å². The Labute approximate surface area is 457 Å². The van der Waals surface area contributed by atoms with Gasteiger partial charge in [-0.15, -0.1) is 89.0 Å². The Morgan fingerprint density at radius 1 is 0.417 bits per heavy atom. The molecule has 72 heavy (non-hydrogen) atoms. The fourth-order valence-corrected chi connectivity index (χ4v) is 9.85. The first kappa shape index (κ1) is 50.4. The van der Waals surface area contributed by atoms with Crippen molar-refractivity contribution in [3.63, 3.8) is 0 Å². The smallest absolute Gasteiger partial charge is 0.188 e. The van der Waals surface area contributed by atoms with Crippen LogP contribution in [-0.2, 0) is 60.3 Å². The van der Waals surface area contributed by atoms with Gasteiger partial charge in [-0.2, -0.15) is 0 Å². The van der Waals surface area contributed by atoms with Gasteiger partial charge in [0.2, 0.25) is 0 Å². The summed E-state index contributed by atoms with van der Waals surface area (Å²) in [4.78, 5) is 22.6. The van der Waals surface area contributed by atoms with Crippen molar-refractivity contribution >= 4 is 93.3 Å². The SMILES string of the molecule is CC(C)c1ccc(-c2ccc3c(c2)c2ccc[c-]c2c2nccn32)cc1.CC(C)c1ccc2c(c1)c1ccc[c-]c1c1nc3nccnc3n21.Cc1cc2c3ccc[c-]c3c3nccn3c2cc1C.[Ir].[Ir].[Ir]. The second kappa shape index (κ2) is 20.5. The molecular formula is C61H47Ir3N8-3. The Morgan fingerprint density at radius 2 is 0.903 bits per heavy atom. The number of nitrogens with zero attached hydrogens (tertiary/aromatic N) is 8. The van der Waals surface area contributed by atoms with Crippen LogP contribution in [0.4, 0.5) is 0 Å². The van der Waals surface area contributed by atoms with Gasteiger partial charge in [-0.05, 0) is 93.4 Å². The molecule has 7 heterocycles. The third-order valence-electron chi connectivity index (χ3n) is 13.7. The average Bonchev–Trinajstić information content (AvgIpc) is 4.18. The molecule has 0 fully saturated rings. The van der Waals surface area contributed by atoms with Crippen LogP contribution in [0.15, 0.2) is 165 Å². The van der Waals surface area contributed by atoms with E-state index in [2.05, 4.69) is 184 Å². The molecule has 0 atom stereocenters. The predicted molar refractivity (Wildman–Crippen MR) is 283 cm³/mol. The van der Waals surface area contributed by atoms with Crippen molar-refractivity contribution in [1.29, 1.82) is 0 Å². The van der Waals surface area contributed by atoms with Gasteiger partial charge >= 0.3 is 0 Å². The van der Waals surface area contributed by atoms with E-state index in [0.717, 1.165) is 49.7 Å². The third-order valence-corrected chi connectivity index (χ3v) is 13.7.